The zero-order valence-electron chi connectivity index (χ0n) is 12.2. The molecule has 0 aromatic heterocycles. The van der Waals surface area contributed by atoms with Gasteiger partial charge in [-0.1, -0.05) is 22.4 Å². The molecule has 1 aromatic rings. The maximum Gasteiger partial charge on any atom is 0.150 e. The number of benzene rings is 1. The highest BCUT2D eigenvalue weighted by Crippen LogP contribution is 2.32. The first-order chi connectivity index (χ1) is 9.86. The van der Waals surface area contributed by atoms with Gasteiger partial charge in [0.2, 0.25) is 0 Å². The van der Waals surface area contributed by atoms with Gasteiger partial charge in [-0.2, -0.15) is 0 Å². The molecule has 0 radical (unpaired) electrons. The van der Waals surface area contributed by atoms with Crippen molar-refractivity contribution in [2.75, 3.05) is 12.0 Å². The van der Waals surface area contributed by atoms with E-state index in [4.69, 9.17) is 5.73 Å². The molecule has 2 rings (SSSR count). The molecule has 0 bridgehead atoms. The summed E-state index contributed by atoms with van der Waals surface area (Å²) in [4.78, 5) is 1.20. The Balaban J connectivity index is 1.88. The Morgan fingerprint density at radius 1 is 1.33 bits per heavy atom. The molecule has 0 amide bonds. The molecular formula is C15H22BrNO2S2. The minimum Gasteiger partial charge on any atom is -0.327 e. The van der Waals surface area contributed by atoms with E-state index in [1.54, 1.807) is 11.8 Å². The lowest BCUT2D eigenvalue weighted by Gasteiger charge is -2.31. The van der Waals surface area contributed by atoms with Gasteiger partial charge >= 0.3 is 0 Å². The van der Waals surface area contributed by atoms with Crippen molar-refractivity contribution in [1.82, 2.24) is 0 Å². The van der Waals surface area contributed by atoms with Crippen LogP contribution in [-0.4, -0.2) is 31.7 Å². The van der Waals surface area contributed by atoms with Gasteiger partial charge in [0.15, 0.2) is 0 Å². The molecule has 21 heavy (non-hydrogen) atoms. The van der Waals surface area contributed by atoms with Gasteiger partial charge in [0, 0.05) is 27.4 Å². The second-order valence-electron chi connectivity index (χ2n) is 5.81. The van der Waals surface area contributed by atoms with Crippen LogP contribution in [0, 0.1) is 5.92 Å². The van der Waals surface area contributed by atoms with Gasteiger partial charge in [-0.15, -0.1) is 11.8 Å². The van der Waals surface area contributed by atoms with Crippen LogP contribution in [0.2, 0.25) is 0 Å². The van der Waals surface area contributed by atoms with Crippen LogP contribution in [0.4, 0.5) is 0 Å². The number of thioether (sulfide) groups is 1. The van der Waals surface area contributed by atoms with Crippen molar-refractivity contribution >= 4 is 37.5 Å². The molecule has 1 aromatic carbocycles. The first kappa shape index (κ1) is 17.3. The van der Waals surface area contributed by atoms with Crippen LogP contribution in [0.15, 0.2) is 33.6 Å². The van der Waals surface area contributed by atoms with E-state index in [0.717, 1.165) is 35.9 Å². The van der Waals surface area contributed by atoms with Crippen molar-refractivity contribution < 1.29 is 8.42 Å². The van der Waals surface area contributed by atoms with E-state index in [0.29, 0.717) is 5.92 Å². The fourth-order valence-corrected chi connectivity index (χ4v) is 5.26. The third-order valence-electron chi connectivity index (χ3n) is 4.13. The van der Waals surface area contributed by atoms with Crippen molar-refractivity contribution in [3.63, 3.8) is 0 Å². The van der Waals surface area contributed by atoms with E-state index in [1.807, 2.05) is 12.1 Å². The number of hydrogen-bond acceptors (Lipinski definition) is 4. The first-order valence-electron chi connectivity index (χ1n) is 7.19. The van der Waals surface area contributed by atoms with Gasteiger partial charge in [0.1, 0.15) is 9.84 Å². The van der Waals surface area contributed by atoms with E-state index in [1.165, 1.54) is 11.2 Å². The average Bonchev–Trinajstić information content (AvgIpc) is 2.45. The molecule has 0 spiro atoms. The maximum atomic E-state index is 11.7. The van der Waals surface area contributed by atoms with Crippen molar-refractivity contribution in [3.05, 3.63) is 28.7 Å². The third kappa shape index (κ3) is 5.27. The lowest BCUT2D eigenvalue weighted by atomic mass is 9.84. The van der Waals surface area contributed by atoms with Crippen molar-refractivity contribution in [3.8, 4) is 0 Å². The fourth-order valence-electron chi connectivity index (χ4n) is 2.82. The molecule has 1 aliphatic rings. The van der Waals surface area contributed by atoms with Gasteiger partial charge in [-0.05, 0) is 49.4 Å². The Morgan fingerprint density at radius 2 is 2.00 bits per heavy atom. The van der Waals surface area contributed by atoms with Crippen LogP contribution in [0.5, 0.6) is 0 Å². The lowest BCUT2D eigenvalue weighted by Crippen LogP contribution is -2.39. The van der Waals surface area contributed by atoms with Crippen LogP contribution < -0.4 is 5.73 Å². The molecule has 0 saturated heterocycles. The number of hydrogen-bond donors (Lipinski definition) is 1. The van der Waals surface area contributed by atoms with Gasteiger partial charge in [-0.25, -0.2) is 8.42 Å². The second-order valence-corrected chi connectivity index (χ2v) is 10.1. The number of sulfone groups is 1. The maximum absolute atomic E-state index is 11.7. The van der Waals surface area contributed by atoms with Gasteiger partial charge in [0.05, 0.1) is 5.25 Å². The van der Waals surface area contributed by atoms with E-state index in [2.05, 4.69) is 28.1 Å². The Labute approximate surface area is 140 Å². The molecule has 0 heterocycles. The first-order valence-corrected chi connectivity index (χ1v) is 10.9. The van der Waals surface area contributed by atoms with Crippen molar-refractivity contribution in [2.24, 2.45) is 11.7 Å². The molecule has 3 nitrogen and oxygen atoms in total. The highest BCUT2D eigenvalue weighted by atomic mass is 79.9. The van der Waals surface area contributed by atoms with E-state index >= 15 is 0 Å². The zero-order chi connectivity index (χ0) is 15.5. The predicted molar refractivity (Wildman–Crippen MR) is 93.4 cm³/mol. The summed E-state index contributed by atoms with van der Waals surface area (Å²) < 4.78 is 24.5. The highest BCUT2D eigenvalue weighted by Gasteiger charge is 2.31. The van der Waals surface area contributed by atoms with Crippen LogP contribution in [0.1, 0.15) is 25.7 Å². The van der Waals surface area contributed by atoms with Gasteiger partial charge < -0.3 is 5.73 Å². The minimum atomic E-state index is -2.93. The minimum absolute atomic E-state index is 0.0585. The molecule has 2 N–H and O–H groups in total. The molecule has 118 valence electrons. The SMILES string of the molecule is CS(=O)(=O)C1CCCC(C(N)CSc2ccc(Br)cc2)C1. The number of halogens is 1. The Morgan fingerprint density at radius 3 is 2.62 bits per heavy atom. The Hall–Kier alpha value is -0.0400. The van der Waals surface area contributed by atoms with Crippen LogP contribution in [-0.2, 0) is 9.84 Å². The molecule has 1 saturated carbocycles. The van der Waals surface area contributed by atoms with E-state index in [-0.39, 0.29) is 11.3 Å². The third-order valence-corrected chi connectivity index (χ3v) is 7.46. The highest BCUT2D eigenvalue weighted by molar-refractivity contribution is 9.10. The second kappa shape index (κ2) is 7.49. The van der Waals surface area contributed by atoms with Crippen molar-refractivity contribution in [2.45, 2.75) is 41.9 Å². The van der Waals surface area contributed by atoms with Crippen LogP contribution in [0.3, 0.4) is 0 Å². The molecule has 1 aliphatic carbocycles. The normalized spacial score (nSPS) is 24.7. The number of rotatable bonds is 5. The Bertz CT molecular complexity index is 560. The zero-order valence-corrected chi connectivity index (χ0v) is 15.4. The summed E-state index contributed by atoms with van der Waals surface area (Å²) in [6.45, 7) is 0. The smallest absolute Gasteiger partial charge is 0.150 e. The molecule has 3 atom stereocenters. The topological polar surface area (TPSA) is 60.2 Å². The summed E-state index contributed by atoms with van der Waals surface area (Å²) in [5.74, 6) is 1.16. The molecule has 3 unspecified atom stereocenters. The summed E-state index contributed by atoms with van der Waals surface area (Å²) >= 11 is 5.17. The summed E-state index contributed by atoms with van der Waals surface area (Å²) in [5, 5.41) is -0.194. The van der Waals surface area contributed by atoms with Crippen LogP contribution >= 0.6 is 27.7 Å². The molecular weight excluding hydrogens is 370 g/mol. The molecule has 0 aliphatic heterocycles. The fraction of sp³-hybridized carbons (Fsp3) is 0.600. The standard InChI is InChI=1S/C15H22BrNO2S2/c1-21(18,19)14-4-2-3-11(9-14)15(17)10-20-13-7-5-12(16)6-8-13/h5-8,11,14-15H,2-4,9-10,17H2,1H3. The van der Waals surface area contributed by atoms with E-state index in [9.17, 15) is 8.42 Å². The summed E-state index contributed by atoms with van der Waals surface area (Å²) in [5.41, 5.74) is 6.31. The molecule has 1 fully saturated rings. The van der Waals surface area contributed by atoms with Crippen molar-refractivity contribution in [1.29, 1.82) is 0 Å². The Kier molecular flexibility index (Phi) is 6.17. The van der Waals surface area contributed by atoms with E-state index < -0.39 is 9.84 Å². The van der Waals surface area contributed by atoms with Gasteiger partial charge in [0.25, 0.3) is 0 Å². The largest absolute Gasteiger partial charge is 0.327 e. The quantitative estimate of drug-likeness (QED) is 0.780. The average molecular weight is 392 g/mol. The molecule has 6 heteroatoms. The lowest BCUT2D eigenvalue weighted by molar-refractivity contribution is 0.319. The predicted octanol–water partition coefficient (Wildman–Crippen LogP) is 3.47. The number of nitrogens with two attached hydrogens (primary N) is 1. The summed E-state index contributed by atoms with van der Waals surface area (Å²) in [6, 6.07) is 8.24. The van der Waals surface area contributed by atoms with Crippen LogP contribution in [0.25, 0.3) is 0 Å². The summed E-state index contributed by atoms with van der Waals surface area (Å²) in [6.07, 6.45) is 4.89. The van der Waals surface area contributed by atoms with Gasteiger partial charge in [-0.3, -0.25) is 0 Å². The summed E-state index contributed by atoms with van der Waals surface area (Å²) in [7, 11) is -2.93. The monoisotopic (exact) mass is 391 g/mol.